The Morgan fingerprint density at radius 2 is 1.41 bits per heavy atom. The Kier molecular flexibility index (Phi) is 13.2. The van der Waals surface area contributed by atoms with Gasteiger partial charge in [0.05, 0.1) is 44.2 Å². The van der Waals surface area contributed by atoms with E-state index in [2.05, 4.69) is 0 Å². The molecule has 3 rings (SSSR count). The second-order valence-electron chi connectivity index (χ2n) is 8.69. The summed E-state index contributed by atoms with van der Waals surface area (Å²) in [7, 11) is -1.53. The smallest absolute Gasteiger partial charge is 0.363 e. The van der Waals surface area contributed by atoms with Gasteiger partial charge in [-0.25, -0.2) is 4.84 Å². The Labute approximate surface area is 238 Å². The van der Waals surface area contributed by atoms with Gasteiger partial charge >= 0.3 is 7.60 Å². The Morgan fingerprint density at radius 3 is 1.98 bits per heavy atom. The van der Waals surface area contributed by atoms with Crippen molar-refractivity contribution in [3.63, 3.8) is 0 Å². The van der Waals surface area contributed by atoms with Crippen molar-refractivity contribution in [1.82, 2.24) is 5.06 Å². The highest BCUT2D eigenvalue weighted by Gasteiger charge is 2.44. The summed E-state index contributed by atoms with van der Waals surface area (Å²) in [6.07, 6.45) is 1.22. The van der Waals surface area contributed by atoms with Gasteiger partial charge in [0.25, 0.3) is 11.8 Å². The first kappa shape index (κ1) is 32.6. The lowest BCUT2D eigenvalue weighted by Gasteiger charge is -2.26. The van der Waals surface area contributed by atoms with Gasteiger partial charge in [0, 0.05) is 14.2 Å². The molecule has 14 heteroatoms. The van der Waals surface area contributed by atoms with Gasteiger partial charge in [-0.15, -0.1) is 5.06 Å². The van der Waals surface area contributed by atoms with Crippen LogP contribution in [0.4, 0.5) is 0 Å². The number of rotatable bonds is 20. The number of ether oxygens (including phenoxy) is 6. The Morgan fingerprint density at radius 1 is 0.829 bits per heavy atom. The second-order valence-corrected chi connectivity index (χ2v) is 10.5. The molecular weight excluding hydrogens is 561 g/mol. The van der Waals surface area contributed by atoms with Gasteiger partial charge < -0.3 is 37.8 Å². The van der Waals surface area contributed by atoms with Crippen molar-refractivity contribution in [3.05, 3.63) is 59.2 Å². The molecule has 1 N–H and O–H groups in total. The molecule has 226 valence electrons. The van der Waals surface area contributed by atoms with E-state index in [9.17, 15) is 19.0 Å². The number of carbonyl (C=O) groups excluding carboxylic acids is 2. The lowest BCUT2D eigenvalue weighted by Crippen LogP contribution is -2.32. The molecule has 41 heavy (non-hydrogen) atoms. The number of hydrogen-bond acceptors (Lipinski definition) is 11. The second kappa shape index (κ2) is 16.5. The molecule has 13 nitrogen and oxygen atoms in total. The molecule has 1 heterocycles. The summed E-state index contributed by atoms with van der Waals surface area (Å²) < 4.78 is 50.9. The highest BCUT2D eigenvalue weighted by Crippen LogP contribution is 2.58. The fourth-order valence-corrected chi connectivity index (χ4v) is 4.88. The van der Waals surface area contributed by atoms with Crippen LogP contribution in [0.5, 0.6) is 11.5 Å². The van der Waals surface area contributed by atoms with Crippen molar-refractivity contribution < 1.29 is 56.8 Å². The number of methoxy groups -OCH3 is 2. The van der Waals surface area contributed by atoms with E-state index in [0.717, 1.165) is 0 Å². The molecule has 0 radical (unpaired) electrons. The van der Waals surface area contributed by atoms with Gasteiger partial charge in [-0.1, -0.05) is 31.5 Å². The minimum absolute atomic E-state index is 0.0387. The molecular formula is C27H36NO12P. The van der Waals surface area contributed by atoms with E-state index in [4.69, 9.17) is 37.8 Å². The van der Waals surface area contributed by atoms with Crippen LogP contribution in [-0.4, -0.2) is 82.6 Å². The quantitative estimate of drug-likeness (QED) is 0.102. The van der Waals surface area contributed by atoms with Crippen LogP contribution in [0.2, 0.25) is 0 Å². The molecule has 2 unspecified atom stereocenters. The normalized spacial score (nSPS) is 15.1. The number of hydroxylamine groups is 2. The molecule has 0 saturated carbocycles. The Bertz CT molecular complexity index is 1160. The van der Waals surface area contributed by atoms with Gasteiger partial charge in [0.15, 0.2) is 25.1 Å². The summed E-state index contributed by atoms with van der Waals surface area (Å²) in [6.45, 7) is 2.81. The van der Waals surface area contributed by atoms with Crippen molar-refractivity contribution in [2.24, 2.45) is 0 Å². The van der Waals surface area contributed by atoms with Crippen molar-refractivity contribution in [3.8, 4) is 11.5 Å². The minimum atomic E-state index is -4.62. The van der Waals surface area contributed by atoms with Gasteiger partial charge in [-0.2, -0.15) is 0 Å². The molecule has 0 aromatic heterocycles. The number of imide groups is 1. The maximum absolute atomic E-state index is 13.5. The number of amides is 2. The summed E-state index contributed by atoms with van der Waals surface area (Å²) in [5.74, 6) is -2.92. The summed E-state index contributed by atoms with van der Waals surface area (Å²) in [6, 6.07) is 10.5. The minimum Gasteiger partial charge on any atom is -0.464 e. The van der Waals surface area contributed by atoms with E-state index >= 15 is 0 Å². The highest BCUT2D eigenvalue weighted by molar-refractivity contribution is 7.53. The first-order chi connectivity index (χ1) is 19.8. The molecule has 2 amide bonds. The van der Waals surface area contributed by atoms with E-state index in [1.165, 1.54) is 37.4 Å². The fourth-order valence-electron chi connectivity index (χ4n) is 3.60. The van der Waals surface area contributed by atoms with Crippen LogP contribution in [0.3, 0.4) is 0 Å². The van der Waals surface area contributed by atoms with Gasteiger partial charge in [-0.05, 0) is 36.2 Å². The Hall–Kier alpha value is -2.87. The predicted octanol–water partition coefficient (Wildman–Crippen LogP) is 3.91. The lowest BCUT2D eigenvalue weighted by atomic mass is 10.1. The third kappa shape index (κ3) is 9.06. The third-order valence-electron chi connectivity index (χ3n) is 5.74. The molecule has 0 fully saturated rings. The van der Waals surface area contributed by atoms with E-state index in [1.807, 2.05) is 6.92 Å². The average molecular weight is 598 g/mol. The van der Waals surface area contributed by atoms with Crippen LogP contribution in [-0.2, 0) is 32.9 Å². The largest absolute Gasteiger partial charge is 0.464 e. The molecule has 2 atom stereocenters. The standard InChI is InChI=1S/C27H36NO12P/c1-4-5-12-39-41(31,32)27(40-28-25(29)21-8-6-7-9-22(21)26(28)30)20-10-11-23(37-18-35-15-13-33-2)24(17-20)38-19-36-16-14-34-3/h6-11,17,27H,4-5,12-16,18-19H2,1-3H3,(H,31,32). The zero-order valence-corrected chi connectivity index (χ0v) is 24.2. The van der Waals surface area contributed by atoms with Gasteiger partial charge in [0.2, 0.25) is 5.85 Å². The zero-order chi connectivity index (χ0) is 29.7. The van der Waals surface area contributed by atoms with Crippen LogP contribution < -0.4 is 9.47 Å². The van der Waals surface area contributed by atoms with E-state index in [-0.39, 0.29) is 55.0 Å². The maximum atomic E-state index is 13.5. The van der Waals surface area contributed by atoms with Crippen LogP contribution in [0, 0.1) is 0 Å². The monoisotopic (exact) mass is 597 g/mol. The first-order valence-corrected chi connectivity index (χ1v) is 14.6. The summed E-state index contributed by atoms with van der Waals surface area (Å²) >= 11 is 0. The van der Waals surface area contributed by atoms with Crippen LogP contribution in [0.1, 0.15) is 51.9 Å². The van der Waals surface area contributed by atoms with Crippen LogP contribution >= 0.6 is 7.60 Å². The molecule has 0 aliphatic carbocycles. The molecule has 0 spiro atoms. The highest BCUT2D eigenvalue weighted by atomic mass is 31.2. The van der Waals surface area contributed by atoms with Crippen molar-refractivity contribution in [2.45, 2.75) is 25.6 Å². The molecule has 0 saturated heterocycles. The maximum Gasteiger partial charge on any atom is 0.363 e. The summed E-state index contributed by atoms with van der Waals surface area (Å²) in [5.41, 5.74) is 0.319. The number of nitrogens with zero attached hydrogens (tertiary/aromatic N) is 1. The number of hydrogen-bond donors (Lipinski definition) is 1. The molecule has 2 aromatic carbocycles. The lowest BCUT2D eigenvalue weighted by molar-refractivity contribution is -0.114. The average Bonchev–Trinajstić information content (AvgIpc) is 3.21. The number of fused-ring (bicyclic) bond motifs is 1. The van der Waals surface area contributed by atoms with Crippen molar-refractivity contribution >= 4 is 19.4 Å². The molecule has 2 aromatic rings. The van der Waals surface area contributed by atoms with Gasteiger partial charge in [0.1, 0.15) is 0 Å². The Balaban J connectivity index is 1.90. The molecule has 1 aliphatic heterocycles. The van der Waals surface area contributed by atoms with Gasteiger partial charge in [-0.3, -0.25) is 14.2 Å². The third-order valence-corrected chi connectivity index (χ3v) is 7.28. The van der Waals surface area contributed by atoms with E-state index in [1.54, 1.807) is 19.2 Å². The number of carbonyl (C=O) groups is 2. The SMILES string of the molecule is CCCCOP(=O)(O)C(ON1C(=O)c2ccccc2C1=O)c1ccc(OCOCCOC)c(OCOCCOC)c1. The van der Waals surface area contributed by atoms with Crippen LogP contribution in [0.25, 0.3) is 0 Å². The number of benzene rings is 2. The summed E-state index contributed by atoms with van der Waals surface area (Å²) in [5, 5.41) is 0.476. The topological polar surface area (TPSA) is 149 Å². The molecule has 0 bridgehead atoms. The summed E-state index contributed by atoms with van der Waals surface area (Å²) in [4.78, 5) is 42.6. The predicted molar refractivity (Wildman–Crippen MR) is 145 cm³/mol. The fraction of sp³-hybridized carbons (Fsp3) is 0.481. The molecule has 1 aliphatic rings. The van der Waals surface area contributed by atoms with E-state index in [0.29, 0.717) is 37.7 Å². The number of unbranched alkanes of at least 4 members (excludes halogenated alkanes) is 1. The van der Waals surface area contributed by atoms with Crippen LogP contribution in [0.15, 0.2) is 42.5 Å². The van der Waals surface area contributed by atoms with Crippen molar-refractivity contribution in [1.29, 1.82) is 0 Å². The first-order valence-electron chi connectivity index (χ1n) is 13.0. The van der Waals surface area contributed by atoms with E-state index < -0.39 is 25.3 Å². The zero-order valence-electron chi connectivity index (χ0n) is 23.3. The van der Waals surface area contributed by atoms with Crippen molar-refractivity contribution in [2.75, 3.05) is 60.8 Å².